The smallest absolute Gasteiger partial charge is 0.310 e. The molecule has 0 atom stereocenters. The molecule has 0 aliphatic carbocycles. The summed E-state index contributed by atoms with van der Waals surface area (Å²) in [5.41, 5.74) is -0.195. The van der Waals surface area contributed by atoms with Crippen LogP contribution in [0, 0.1) is 11.2 Å². The first kappa shape index (κ1) is 13.3. The van der Waals surface area contributed by atoms with Gasteiger partial charge >= 0.3 is 5.97 Å². The molecule has 1 aromatic carbocycles. The van der Waals surface area contributed by atoms with Crippen molar-refractivity contribution in [1.82, 2.24) is 0 Å². The molecule has 5 heteroatoms. The predicted octanol–water partition coefficient (Wildman–Crippen LogP) is 2.90. The monoisotopic (exact) mass is 272 g/mol. The second kappa shape index (κ2) is 5.24. The fraction of sp³-hybridized carbons (Fsp3) is 0.462. The van der Waals surface area contributed by atoms with Crippen LogP contribution in [0.15, 0.2) is 18.2 Å². The van der Waals surface area contributed by atoms with Crippen molar-refractivity contribution in [3.63, 3.8) is 0 Å². The zero-order valence-electron chi connectivity index (χ0n) is 9.79. The molecule has 1 N–H and O–H groups in total. The predicted molar refractivity (Wildman–Crippen MR) is 65.2 cm³/mol. The van der Waals surface area contributed by atoms with Gasteiger partial charge in [0.25, 0.3) is 0 Å². The van der Waals surface area contributed by atoms with Gasteiger partial charge < -0.3 is 9.84 Å². The van der Waals surface area contributed by atoms with Crippen LogP contribution in [0.5, 0.6) is 0 Å². The molecule has 0 saturated carbocycles. The summed E-state index contributed by atoms with van der Waals surface area (Å²) >= 11 is 5.61. The lowest BCUT2D eigenvalue weighted by Crippen LogP contribution is -2.39. The van der Waals surface area contributed by atoms with Gasteiger partial charge in [0.15, 0.2) is 0 Å². The fourth-order valence-corrected chi connectivity index (χ4v) is 2.39. The second-order valence-electron chi connectivity index (χ2n) is 4.62. The zero-order valence-corrected chi connectivity index (χ0v) is 10.5. The van der Waals surface area contributed by atoms with Gasteiger partial charge in [0, 0.05) is 13.2 Å². The number of carbonyl (C=O) groups is 1. The minimum Gasteiger partial charge on any atom is -0.481 e. The number of carboxylic acids is 1. The summed E-state index contributed by atoms with van der Waals surface area (Å²) in [6.45, 7) is 0.866. The van der Waals surface area contributed by atoms with Gasteiger partial charge in [-0.2, -0.15) is 0 Å². The van der Waals surface area contributed by atoms with E-state index in [1.807, 2.05) is 0 Å². The number of carboxylic acid groups (broad SMARTS) is 1. The minimum absolute atomic E-state index is 0.0510. The lowest BCUT2D eigenvalue weighted by molar-refractivity contribution is -0.154. The van der Waals surface area contributed by atoms with Crippen molar-refractivity contribution in [3.05, 3.63) is 34.6 Å². The highest BCUT2D eigenvalue weighted by molar-refractivity contribution is 6.30. The van der Waals surface area contributed by atoms with Gasteiger partial charge in [-0.05, 0) is 37.0 Å². The number of aliphatic carboxylic acids is 1. The van der Waals surface area contributed by atoms with E-state index in [0.29, 0.717) is 38.0 Å². The van der Waals surface area contributed by atoms with Crippen molar-refractivity contribution < 1.29 is 19.0 Å². The topological polar surface area (TPSA) is 46.5 Å². The van der Waals surface area contributed by atoms with Crippen molar-refractivity contribution in [2.45, 2.75) is 19.3 Å². The van der Waals surface area contributed by atoms with Crippen LogP contribution in [0.2, 0.25) is 5.02 Å². The maximum atomic E-state index is 13.4. The van der Waals surface area contributed by atoms with Gasteiger partial charge in [0.1, 0.15) is 5.82 Å². The fourth-order valence-electron chi connectivity index (χ4n) is 2.27. The highest BCUT2D eigenvalue weighted by atomic mass is 35.5. The molecular formula is C13H14ClFO3. The Bertz CT molecular complexity index is 456. The summed E-state index contributed by atoms with van der Waals surface area (Å²) in [4.78, 5) is 11.5. The molecule has 1 aliphatic heterocycles. The summed E-state index contributed by atoms with van der Waals surface area (Å²) in [7, 11) is 0. The Kier molecular flexibility index (Phi) is 3.88. The Hall–Kier alpha value is -1.13. The normalized spacial score (nSPS) is 18.6. The van der Waals surface area contributed by atoms with Crippen LogP contribution in [0.25, 0.3) is 0 Å². The zero-order chi connectivity index (χ0) is 13.2. The molecule has 3 nitrogen and oxygen atoms in total. The van der Waals surface area contributed by atoms with Gasteiger partial charge in [-0.15, -0.1) is 0 Å². The van der Waals surface area contributed by atoms with Crippen molar-refractivity contribution in [2.75, 3.05) is 13.2 Å². The van der Waals surface area contributed by atoms with E-state index in [0.717, 1.165) is 0 Å². The molecule has 1 aromatic rings. The van der Waals surface area contributed by atoms with E-state index in [-0.39, 0.29) is 5.02 Å². The van der Waals surface area contributed by atoms with Crippen LogP contribution in [0.3, 0.4) is 0 Å². The summed E-state index contributed by atoms with van der Waals surface area (Å²) < 4.78 is 18.6. The lowest BCUT2D eigenvalue weighted by atomic mass is 9.75. The van der Waals surface area contributed by atoms with Crippen LogP contribution in [-0.4, -0.2) is 24.3 Å². The molecule has 1 saturated heterocycles. The van der Waals surface area contributed by atoms with Crippen molar-refractivity contribution in [2.24, 2.45) is 5.41 Å². The Morgan fingerprint density at radius 2 is 2.11 bits per heavy atom. The third kappa shape index (κ3) is 2.65. The summed E-state index contributed by atoms with van der Waals surface area (Å²) in [5.74, 6) is -1.36. The Morgan fingerprint density at radius 3 is 2.67 bits per heavy atom. The molecule has 0 bridgehead atoms. The van der Waals surface area contributed by atoms with Crippen molar-refractivity contribution >= 4 is 17.6 Å². The van der Waals surface area contributed by atoms with E-state index < -0.39 is 17.2 Å². The summed E-state index contributed by atoms with van der Waals surface area (Å²) in [6, 6.07) is 4.44. The molecule has 1 fully saturated rings. The molecule has 0 unspecified atom stereocenters. The van der Waals surface area contributed by atoms with Crippen molar-refractivity contribution in [1.29, 1.82) is 0 Å². The molecule has 2 rings (SSSR count). The molecule has 98 valence electrons. The van der Waals surface area contributed by atoms with Crippen LogP contribution >= 0.6 is 11.6 Å². The lowest BCUT2D eigenvalue weighted by Gasteiger charge is -2.33. The van der Waals surface area contributed by atoms with E-state index in [9.17, 15) is 14.3 Å². The first-order chi connectivity index (χ1) is 8.53. The second-order valence-corrected chi connectivity index (χ2v) is 5.03. The van der Waals surface area contributed by atoms with Crippen LogP contribution in [0.1, 0.15) is 18.4 Å². The molecule has 0 amide bonds. The highest BCUT2D eigenvalue weighted by Gasteiger charge is 2.40. The SMILES string of the molecule is O=C(O)C1(Cc2ccc(Cl)c(F)c2)CCOCC1. The molecule has 0 radical (unpaired) electrons. The third-order valence-electron chi connectivity index (χ3n) is 3.43. The van der Waals surface area contributed by atoms with Gasteiger partial charge in [-0.1, -0.05) is 17.7 Å². The molecule has 0 spiro atoms. The van der Waals surface area contributed by atoms with E-state index in [2.05, 4.69) is 0 Å². The maximum absolute atomic E-state index is 13.4. The molecule has 1 aliphatic rings. The van der Waals surface area contributed by atoms with E-state index >= 15 is 0 Å². The minimum atomic E-state index is -0.849. The number of rotatable bonds is 3. The van der Waals surface area contributed by atoms with Gasteiger partial charge in [-0.25, -0.2) is 4.39 Å². The average Bonchev–Trinajstić information content (AvgIpc) is 2.35. The van der Waals surface area contributed by atoms with E-state index in [1.165, 1.54) is 12.1 Å². The Balaban J connectivity index is 2.23. The Morgan fingerprint density at radius 1 is 1.44 bits per heavy atom. The summed E-state index contributed by atoms with van der Waals surface area (Å²) in [5, 5.41) is 9.45. The molecule has 18 heavy (non-hydrogen) atoms. The van der Waals surface area contributed by atoms with Crippen LogP contribution in [0.4, 0.5) is 4.39 Å². The van der Waals surface area contributed by atoms with Gasteiger partial charge in [-0.3, -0.25) is 4.79 Å². The first-order valence-electron chi connectivity index (χ1n) is 5.79. The van der Waals surface area contributed by atoms with Crippen molar-refractivity contribution in [3.8, 4) is 0 Å². The quantitative estimate of drug-likeness (QED) is 0.920. The number of benzene rings is 1. The first-order valence-corrected chi connectivity index (χ1v) is 6.16. The largest absolute Gasteiger partial charge is 0.481 e. The highest BCUT2D eigenvalue weighted by Crippen LogP contribution is 2.35. The number of halogens is 2. The van der Waals surface area contributed by atoms with Crippen LogP contribution in [-0.2, 0) is 16.0 Å². The molecule has 1 heterocycles. The standard InChI is InChI=1S/C13H14ClFO3/c14-10-2-1-9(7-11(10)15)8-13(12(16)17)3-5-18-6-4-13/h1-2,7H,3-6,8H2,(H,16,17). The third-order valence-corrected chi connectivity index (χ3v) is 3.74. The van der Waals surface area contributed by atoms with Crippen LogP contribution < -0.4 is 0 Å². The molecular weight excluding hydrogens is 259 g/mol. The van der Waals surface area contributed by atoms with Gasteiger partial charge in [0.05, 0.1) is 10.4 Å². The number of hydrogen-bond donors (Lipinski definition) is 1. The maximum Gasteiger partial charge on any atom is 0.310 e. The number of ether oxygens (including phenoxy) is 1. The molecule has 0 aromatic heterocycles. The van der Waals surface area contributed by atoms with E-state index in [1.54, 1.807) is 6.07 Å². The number of hydrogen-bond acceptors (Lipinski definition) is 2. The average molecular weight is 273 g/mol. The summed E-state index contributed by atoms with van der Waals surface area (Å²) in [6.07, 6.45) is 1.21. The van der Waals surface area contributed by atoms with Gasteiger partial charge in [0.2, 0.25) is 0 Å². The Labute approximate surface area is 110 Å². The van der Waals surface area contributed by atoms with E-state index in [4.69, 9.17) is 16.3 Å².